The highest BCUT2D eigenvalue weighted by Gasteiger charge is 2.36. The number of aliphatic hydroxyl groups is 1. The van der Waals surface area contributed by atoms with Crippen LogP contribution < -0.4 is 20.5 Å². The first kappa shape index (κ1) is 26.2. The number of carbonyl (C=O) groups is 1. The predicted octanol–water partition coefficient (Wildman–Crippen LogP) is 2.17. The Kier molecular flexibility index (Phi) is 7.94. The quantitative estimate of drug-likeness (QED) is 0.262. The number of fused-ring (bicyclic) bond motifs is 1. The van der Waals surface area contributed by atoms with E-state index in [9.17, 15) is 9.90 Å². The molecule has 3 aromatic rings. The number of H-pyrrole nitrogens is 1. The van der Waals surface area contributed by atoms with Crippen LogP contribution in [0, 0.1) is 5.92 Å². The fourth-order valence-electron chi connectivity index (χ4n) is 4.93. The normalized spacial score (nSPS) is 18.6. The van der Waals surface area contributed by atoms with E-state index in [-0.39, 0.29) is 23.9 Å². The summed E-state index contributed by atoms with van der Waals surface area (Å²) in [5.74, 6) is 0.994. The molecule has 2 aliphatic rings. The number of methoxy groups -OCH3 is 1. The molecule has 1 aromatic carbocycles. The molecule has 2 atom stereocenters. The van der Waals surface area contributed by atoms with E-state index in [1.54, 1.807) is 7.11 Å². The van der Waals surface area contributed by atoms with Gasteiger partial charge < -0.3 is 25.6 Å². The summed E-state index contributed by atoms with van der Waals surface area (Å²) in [6.07, 6.45) is 4.33. The monoisotopic (exact) mass is 523 g/mol. The van der Waals surface area contributed by atoms with E-state index in [2.05, 4.69) is 55.5 Å². The van der Waals surface area contributed by atoms with Crippen molar-refractivity contribution in [2.24, 2.45) is 5.92 Å². The van der Waals surface area contributed by atoms with Crippen molar-refractivity contribution >= 4 is 22.8 Å². The zero-order valence-electron chi connectivity index (χ0n) is 22.1. The fourth-order valence-corrected chi connectivity index (χ4v) is 4.93. The Morgan fingerprint density at radius 2 is 2.16 bits per heavy atom. The molecule has 1 aliphatic carbocycles. The number of aromatic amines is 1. The topological polar surface area (TPSA) is 152 Å². The minimum atomic E-state index is -0.865. The van der Waals surface area contributed by atoms with Crippen molar-refractivity contribution in [1.29, 1.82) is 0 Å². The lowest BCUT2D eigenvalue weighted by atomic mass is 10.0. The van der Waals surface area contributed by atoms with Gasteiger partial charge in [-0.1, -0.05) is 25.5 Å². The van der Waals surface area contributed by atoms with E-state index < -0.39 is 6.10 Å². The number of aliphatic hydroxyl groups excluding tert-OH is 1. The van der Waals surface area contributed by atoms with Gasteiger partial charge in [-0.25, -0.2) is 0 Å². The maximum atomic E-state index is 12.2. The van der Waals surface area contributed by atoms with E-state index in [1.807, 2.05) is 0 Å². The number of likely N-dealkylation sites (tertiary alicyclic amines) is 1. The highest BCUT2D eigenvalue weighted by atomic mass is 16.5. The van der Waals surface area contributed by atoms with Crippen LogP contribution in [0.3, 0.4) is 0 Å². The number of amides is 1. The number of anilines is 1. The molecule has 0 bridgehead atoms. The van der Waals surface area contributed by atoms with Gasteiger partial charge in [-0.15, -0.1) is 0 Å². The highest BCUT2D eigenvalue weighted by molar-refractivity contribution is 5.86. The number of ether oxygens (including phenoxy) is 2. The third kappa shape index (κ3) is 5.99. The van der Waals surface area contributed by atoms with Gasteiger partial charge in [0.25, 0.3) is 0 Å². The van der Waals surface area contributed by atoms with E-state index in [0.29, 0.717) is 29.9 Å². The number of nitrogens with zero attached hydrogens (tertiary/aromatic N) is 4. The van der Waals surface area contributed by atoms with E-state index in [1.165, 1.54) is 0 Å². The lowest BCUT2D eigenvalue weighted by Crippen LogP contribution is -2.43. The molecule has 3 heterocycles. The molecule has 0 radical (unpaired) electrons. The van der Waals surface area contributed by atoms with Crippen LogP contribution in [0.15, 0.2) is 18.2 Å². The molecule has 0 unspecified atom stereocenters. The second-order valence-electron chi connectivity index (χ2n) is 10.3. The summed E-state index contributed by atoms with van der Waals surface area (Å²) in [6.45, 7) is 5.03. The summed E-state index contributed by atoms with van der Waals surface area (Å²) < 4.78 is 11.4. The number of nitrogen functional groups attached to an aromatic ring is 1. The van der Waals surface area contributed by atoms with Gasteiger partial charge in [-0.05, 0) is 43.2 Å². The molecule has 204 valence electrons. The third-order valence-electron chi connectivity index (χ3n) is 7.29. The Hall–Kier alpha value is -3.44. The van der Waals surface area contributed by atoms with Crippen LogP contribution in [0.2, 0.25) is 0 Å². The average molecular weight is 524 g/mol. The Morgan fingerprint density at radius 1 is 1.32 bits per heavy atom. The predicted molar refractivity (Wildman–Crippen MR) is 143 cm³/mol. The van der Waals surface area contributed by atoms with Crippen molar-refractivity contribution in [3.8, 4) is 11.8 Å². The number of hydrogen-bond acceptors (Lipinski definition) is 9. The molecule has 2 fully saturated rings. The van der Waals surface area contributed by atoms with Gasteiger partial charge in [-0.3, -0.25) is 14.8 Å². The maximum absolute atomic E-state index is 12.2. The lowest BCUT2D eigenvalue weighted by Gasteiger charge is -2.19. The standard InChI is InChI=1S/C27H37N7O4/c1-3-4-11-38-27-30-22-20(32-33-23(22)25(28)31-27)13-18-6-5-16(12-21(18)37-2)14-34-10-9-19(15-34)29-26(36)24(35)17-7-8-17/h5-6,12,17,19,24,35H,3-4,7-11,13-15H2,1-2H3,(H,29,36)(H,32,33)(H2,28,30,31)/t19-,24-/m0/s1. The molecular formula is C27H37N7O4. The van der Waals surface area contributed by atoms with Gasteiger partial charge in [0.05, 0.1) is 19.4 Å². The third-order valence-corrected chi connectivity index (χ3v) is 7.29. The number of nitrogens with two attached hydrogens (primary N) is 1. The number of benzene rings is 1. The zero-order valence-corrected chi connectivity index (χ0v) is 22.1. The van der Waals surface area contributed by atoms with Crippen LogP contribution in [0.4, 0.5) is 5.82 Å². The van der Waals surface area contributed by atoms with Gasteiger partial charge >= 0.3 is 6.01 Å². The number of carbonyl (C=O) groups excluding carboxylic acids is 1. The highest BCUT2D eigenvalue weighted by Crippen LogP contribution is 2.33. The van der Waals surface area contributed by atoms with Crippen molar-refractivity contribution < 1.29 is 19.4 Å². The molecule has 1 saturated carbocycles. The molecule has 1 aliphatic heterocycles. The number of hydrogen-bond donors (Lipinski definition) is 4. The molecule has 38 heavy (non-hydrogen) atoms. The summed E-state index contributed by atoms with van der Waals surface area (Å²) in [6, 6.07) is 6.53. The van der Waals surface area contributed by atoms with Gasteiger partial charge in [0, 0.05) is 37.7 Å². The second kappa shape index (κ2) is 11.5. The van der Waals surface area contributed by atoms with Crippen LogP contribution in [0.5, 0.6) is 11.8 Å². The minimum Gasteiger partial charge on any atom is -0.496 e. The Labute approximate surface area is 222 Å². The van der Waals surface area contributed by atoms with Crippen molar-refractivity contribution in [2.75, 3.05) is 32.5 Å². The first-order chi connectivity index (χ1) is 18.4. The second-order valence-corrected chi connectivity index (χ2v) is 10.3. The van der Waals surface area contributed by atoms with Gasteiger partial charge in [0.2, 0.25) is 5.91 Å². The van der Waals surface area contributed by atoms with E-state index in [0.717, 1.165) is 74.3 Å². The summed E-state index contributed by atoms with van der Waals surface area (Å²) in [5, 5.41) is 20.5. The maximum Gasteiger partial charge on any atom is 0.319 e. The molecule has 11 heteroatoms. The Morgan fingerprint density at radius 3 is 2.92 bits per heavy atom. The molecule has 0 spiro atoms. The molecule has 5 rings (SSSR count). The SMILES string of the molecule is CCCCOc1nc(N)c2[nH]nc(Cc3ccc(CN4CC[C@H](NC(=O)[C@@H](O)C5CC5)C4)cc3OC)c2n1. The van der Waals surface area contributed by atoms with Gasteiger partial charge in [0.15, 0.2) is 5.82 Å². The number of unbranched alkanes of at least 4 members (excludes halogenated alkanes) is 1. The van der Waals surface area contributed by atoms with Crippen molar-refractivity contribution in [1.82, 2.24) is 30.4 Å². The largest absolute Gasteiger partial charge is 0.496 e. The van der Waals surface area contributed by atoms with Crippen LogP contribution >= 0.6 is 0 Å². The van der Waals surface area contributed by atoms with Crippen LogP contribution in [-0.2, 0) is 17.8 Å². The Bertz CT molecular complexity index is 1280. The first-order valence-corrected chi connectivity index (χ1v) is 13.4. The van der Waals surface area contributed by atoms with Gasteiger partial charge in [0.1, 0.15) is 22.9 Å². The molecular weight excluding hydrogens is 486 g/mol. The number of rotatable bonds is 12. The molecule has 11 nitrogen and oxygen atoms in total. The van der Waals surface area contributed by atoms with Gasteiger partial charge in [-0.2, -0.15) is 15.1 Å². The van der Waals surface area contributed by atoms with E-state index in [4.69, 9.17) is 15.2 Å². The first-order valence-electron chi connectivity index (χ1n) is 13.4. The Balaban J connectivity index is 1.23. The van der Waals surface area contributed by atoms with Crippen LogP contribution in [-0.4, -0.2) is 75.0 Å². The van der Waals surface area contributed by atoms with Crippen LogP contribution in [0.25, 0.3) is 11.0 Å². The lowest BCUT2D eigenvalue weighted by molar-refractivity contribution is -0.131. The van der Waals surface area contributed by atoms with E-state index >= 15 is 0 Å². The van der Waals surface area contributed by atoms with Crippen molar-refractivity contribution in [3.05, 3.63) is 35.0 Å². The number of aromatic nitrogens is 4. The summed E-state index contributed by atoms with van der Waals surface area (Å²) in [5.41, 5.74) is 10.2. The number of nitrogens with one attached hydrogen (secondary N) is 2. The van der Waals surface area contributed by atoms with Crippen LogP contribution in [0.1, 0.15) is 55.8 Å². The molecule has 2 aromatic heterocycles. The van der Waals surface area contributed by atoms with Crippen molar-refractivity contribution in [3.63, 3.8) is 0 Å². The zero-order chi connectivity index (χ0) is 26.6. The smallest absolute Gasteiger partial charge is 0.319 e. The molecule has 5 N–H and O–H groups in total. The average Bonchev–Trinajstić information content (AvgIpc) is 3.55. The summed E-state index contributed by atoms with van der Waals surface area (Å²) in [4.78, 5) is 23.4. The summed E-state index contributed by atoms with van der Waals surface area (Å²) in [7, 11) is 1.66. The summed E-state index contributed by atoms with van der Waals surface area (Å²) >= 11 is 0. The molecule has 1 amide bonds. The molecule has 1 saturated heterocycles. The fraction of sp³-hybridized carbons (Fsp3) is 0.556. The van der Waals surface area contributed by atoms with Crippen molar-refractivity contribution in [2.45, 2.75) is 64.1 Å². The minimum absolute atomic E-state index is 0.0651.